The predicted molar refractivity (Wildman–Crippen MR) is 89.8 cm³/mol. The minimum Gasteiger partial charge on any atom is -0.383 e. The van der Waals surface area contributed by atoms with E-state index in [4.69, 9.17) is 4.74 Å². The van der Waals surface area contributed by atoms with E-state index in [-0.39, 0.29) is 11.7 Å². The molecule has 1 heterocycles. The van der Waals surface area contributed by atoms with E-state index in [2.05, 4.69) is 40.2 Å². The molecule has 0 unspecified atom stereocenters. The average Bonchev–Trinajstić information content (AvgIpc) is 2.40. The van der Waals surface area contributed by atoms with Crippen molar-refractivity contribution < 1.29 is 4.74 Å². The molecule has 0 bridgehead atoms. The molecule has 5 nitrogen and oxygen atoms in total. The van der Waals surface area contributed by atoms with Crippen LogP contribution in [-0.2, 0) is 11.3 Å². The van der Waals surface area contributed by atoms with Gasteiger partial charge in [-0.15, -0.1) is 0 Å². The summed E-state index contributed by atoms with van der Waals surface area (Å²) >= 11 is 3.36. The Labute approximate surface area is 135 Å². The molecule has 6 heteroatoms. The number of halogens is 1. The van der Waals surface area contributed by atoms with E-state index in [9.17, 15) is 4.79 Å². The number of hydrogen-bond acceptors (Lipinski definition) is 4. The number of rotatable bonds is 9. The van der Waals surface area contributed by atoms with Crippen LogP contribution in [0.5, 0.6) is 0 Å². The number of ether oxygens (including phenoxy) is 1. The van der Waals surface area contributed by atoms with Gasteiger partial charge in [0.1, 0.15) is 4.47 Å². The zero-order valence-electron chi connectivity index (χ0n) is 13.4. The lowest BCUT2D eigenvalue weighted by Crippen LogP contribution is -2.26. The van der Waals surface area contributed by atoms with Gasteiger partial charge in [0, 0.05) is 19.7 Å². The van der Waals surface area contributed by atoms with E-state index in [1.165, 1.54) is 4.68 Å². The molecule has 0 saturated heterocycles. The highest BCUT2D eigenvalue weighted by Gasteiger charge is 2.09. The van der Waals surface area contributed by atoms with Crippen molar-refractivity contribution in [3.05, 3.63) is 21.0 Å². The van der Waals surface area contributed by atoms with Crippen molar-refractivity contribution in [1.82, 2.24) is 9.78 Å². The summed E-state index contributed by atoms with van der Waals surface area (Å²) in [6, 6.07) is 0. The van der Waals surface area contributed by atoms with Crippen LogP contribution in [0.15, 0.2) is 15.5 Å². The molecule has 1 N–H and O–H groups in total. The fourth-order valence-corrected chi connectivity index (χ4v) is 2.28. The standard InChI is InChI=1S/C15H26BrN3O2/c1-11(2)10-19-15(20)14(16)13(9-18-19)17-7-5-6-8-21-12(3)4/h9,11-12,17H,5-8,10H2,1-4H3. The van der Waals surface area contributed by atoms with Crippen molar-refractivity contribution in [3.63, 3.8) is 0 Å². The molecule has 1 aromatic heterocycles. The largest absolute Gasteiger partial charge is 0.383 e. The predicted octanol–water partition coefficient (Wildman–Crippen LogP) is 3.28. The van der Waals surface area contributed by atoms with Crippen molar-refractivity contribution in [2.75, 3.05) is 18.5 Å². The number of nitrogens with one attached hydrogen (secondary N) is 1. The van der Waals surface area contributed by atoms with Crippen LogP contribution in [0.1, 0.15) is 40.5 Å². The van der Waals surface area contributed by atoms with Gasteiger partial charge in [0.2, 0.25) is 0 Å². The van der Waals surface area contributed by atoms with E-state index in [1.807, 2.05) is 13.8 Å². The molecular formula is C15H26BrN3O2. The van der Waals surface area contributed by atoms with Gasteiger partial charge in [-0.05, 0) is 48.5 Å². The second-order valence-electron chi connectivity index (χ2n) is 5.81. The summed E-state index contributed by atoms with van der Waals surface area (Å²) in [7, 11) is 0. The third-order valence-corrected chi connectivity index (χ3v) is 3.63. The molecule has 0 fully saturated rings. The second kappa shape index (κ2) is 9.20. The van der Waals surface area contributed by atoms with Crippen molar-refractivity contribution in [3.8, 4) is 0 Å². The van der Waals surface area contributed by atoms with Crippen LogP contribution in [0.25, 0.3) is 0 Å². The van der Waals surface area contributed by atoms with Gasteiger partial charge in [-0.25, -0.2) is 4.68 Å². The van der Waals surface area contributed by atoms with Gasteiger partial charge >= 0.3 is 0 Å². The Bertz CT molecular complexity index is 486. The monoisotopic (exact) mass is 359 g/mol. The van der Waals surface area contributed by atoms with Gasteiger partial charge in [0.15, 0.2) is 0 Å². The van der Waals surface area contributed by atoms with Gasteiger partial charge in [-0.3, -0.25) is 4.79 Å². The average molecular weight is 360 g/mol. The fourth-order valence-electron chi connectivity index (χ4n) is 1.83. The number of anilines is 1. The normalized spacial score (nSPS) is 11.4. The SMILES string of the molecule is CC(C)Cn1ncc(NCCCCOC(C)C)c(Br)c1=O. The van der Waals surface area contributed by atoms with Gasteiger partial charge < -0.3 is 10.1 Å². The number of hydrogen-bond donors (Lipinski definition) is 1. The van der Waals surface area contributed by atoms with E-state index < -0.39 is 0 Å². The summed E-state index contributed by atoms with van der Waals surface area (Å²) < 4.78 is 7.54. The molecule has 0 aromatic carbocycles. The Morgan fingerprint density at radius 2 is 2.05 bits per heavy atom. The zero-order valence-corrected chi connectivity index (χ0v) is 14.9. The van der Waals surface area contributed by atoms with Crippen molar-refractivity contribution >= 4 is 21.6 Å². The van der Waals surface area contributed by atoms with Crippen LogP contribution in [0, 0.1) is 5.92 Å². The Hall–Kier alpha value is -0.880. The lowest BCUT2D eigenvalue weighted by atomic mass is 10.2. The molecule has 120 valence electrons. The quantitative estimate of drug-likeness (QED) is 0.687. The third kappa shape index (κ3) is 6.61. The summed E-state index contributed by atoms with van der Waals surface area (Å²) in [6.45, 7) is 10.4. The van der Waals surface area contributed by atoms with Crippen molar-refractivity contribution in [2.45, 2.75) is 53.2 Å². The summed E-state index contributed by atoms with van der Waals surface area (Å²) in [5, 5.41) is 7.45. The van der Waals surface area contributed by atoms with Gasteiger partial charge in [-0.2, -0.15) is 5.10 Å². The van der Waals surface area contributed by atoms with Crippen LogP contribution in [0.2, 0.25) is 0 Å². The maximum Gasteiger partial charge on any atom is 0.283 e. The molecule has 1 aromatic rings. The topological polar surface area (TPSA) is 56.1 Å². The van der Waals surface area contributed by atoms with Gasteiger partial charge in [0.25, 0.3) is 5.56 Å². The molecule has 0 atom stereocenters. The Kier molecular flexibility index (Phi) is 7.96. The third-order valence-electron chi connectivity index (χ3n) is 2.86. The highest BCUT2D eigenvalue weighted by atomic mass is 79.9. The first-order valence-electron chi connectivity index (χ1n) is 7.53. The lowest BCUT2D eigenvalue weighted by molar-refractivity contribution is 0.0765. The van der Waals surface area contributed by atoms with Crippen LogP contribution in [0.4, 0.5) is 5.69 Å². The highest BCUT2D eigenvalue weighted by Crippen LogP contribution is 2.16. The van der Waals surface area contributed by atoms with Gasteiger partial charge in [0.05, 0.1) is 18.0 Å². The van der Waals surface area contributed by atoms with Crippen LogP contribution in [0.3, 0.4) is 0 Å². The van der Waals surface area contributed by atoms with E-state index in [0.717, 1.165) is 31.7 Å². The summed E-state index contributed by atoms with van der Waals surface area (Å²) in [5.74, 6) is 0.391. The lowest BCUT2D eigenvalue weighted by Gasteiger charge is -2.12. The molecule has 0 spiro atoms. The maximum absolute atomic E-state index is 12.1. The molecule has 0 amide bonds. The summed E-state index contributed by atoms with van der Waals surface area (Å²) in [6.07, 6.45) is 3.98. The molecule has 0 aliphatic carbocycles. The highest BCUT2D eigenvalue weighted by molar-refractivity contribution is 9.10. The summed E-state index contributed by atoms with van der Waals surface area (Å²) in [5.41, 5.74) is 0.668. The molecule has 0 radical (unpaired) electrons. The first-order chi connectivity index (χ1) is 9.91. The fraction of sp³-hybridized carbons (Fsp3) is 0.733. The Balaban J connectivity index is 2.46. The molecule has 0 aliphatic rings. The first kappa shape index (κ1) is 18.2. The molecule has 0 aliphatic heterocycles. The zero-order chi connectivity index (χ0) is 15.8. The first-order valence-corrected chi connectivity index (χ1v) is 8.32. The Morgan fingerprint density at radius 1 is 1.33 bits per heavy atom. The smallest absolute Gasteiger partial charge is 0.283 e. The maximum atomic E-state index is 12.1. The van der Waals surface area contributed by atoms with E-state index in [0.29, 0.717) is 16.9 Å². The minimum atomic E-state index is -0.0863. The molecule has 21 heavy (non-hydrogen) atoms. The molecular weight excluding hydrogens is 334 g/mol. The molecule has 0 saturated carbocycles. The molecule has 1 rings (SSSR count). The number of unbranched alkanes of at least 4 members (excludes halogenated alkanes) is 1. The second-order valence-corrected chi connectivity index (χ2v) is 6.60. The number of aromatic nitrogens is 2. The van der Waals surface area contributed by atoms with Crippen molar-refractivity contribution in [2.24, 2.45) is 5.92 Å². The van der Waals surface area contributed by atoms with E-state index in [1.54, 1.807) is 6.20 Å². The van der Waals surface area contributed by atoms with Gasteiger partial charge in [-0.1, -0.05) is 13.8 Å². The summed E-state index contributed by atoms with van der Waals surface area (Å²) in [4.78, 5) is 12.1. The number of nitrogens with zero attached hydrogens (tertiary/aromatic N) is 2. The van der Waals surface area contributed by atoms with Crippen LogP contribution < -0.4 is 10.9 Å². The minimum absolute atomic E-state index is 0.0863. The van der Waals surface area contributed by atoms with E-state index >= 15 is 0 Å². The van der Waals surface area contributed by atoms with Crippen molar-refractivity contribution in [1.29, 1.82) is 0 Å². The van der Waals surface area contributed by atoms with Crippen LogP contribution >= 0.6 is 15.9 Å². The van der Waals surface area contributed by atoms with Crippen LogP contribution in [-0.4, -0.2) is 29.0 Å². The Morgan fingerprint density at radius 3 is 2.67 bits per heavy atom.